The predicted octanol–water partition coefficient (Wildman–Crippen LogP) is 1.99. The Kier molecular flexibility index (Phi) is 9.43. The van der Waals surface area contributed by atoms with Crippen LogP contribution < -0.4 is 0 Å². The van der Waals surface area contributed by atoms with Crippen LogP contribution in [0.1, 0.15) is 46.0 Å². The quantitative estimate of drug-likeness (QED) is 0.471. The minimum absolute atomic E-state index is 0.0810. The number of ether oxygens (including phenoxy) is 2. The molecule has 1 atom stereocenters. The number of carbonyl (C=O) groups is 2. The second-order valence-electron chi connectivity index (χ2n) is 3.90. The molecule has 0 aliphatic heterocycles. The summed E-state index contributed by atoms with van der Waals surface area (Å²) in [5.74, 6) is -1.58. The van der Waals surface area contributed by atoms with Crippen LogP contribution in [-0.4, -0.2) is 36.4 Å². The molecule has 0 bridgehead atoms. The van der Waals surface area contributed by atoms with E-state index in [9.17, 15) is 9.59 Å². The van der Waals surface area contributed by atoms with Gasteiger partial charge in [0.1, 0.15) is 19.3 Å². The van der Waals surface area contributed by atoms with Crippen LogP contribution >= 0.6 is 0 Å². The number of carbonyl (C=O) groups excluding carboxylic acids is 1. The minimum Gasteiger partial charge on any atom is -0.480 e. The van der Waals surface area contributed by atoms with E-state index in [2.05, 4.69) is 11.7 Å². The standard InChI is InChI=1S/C12H22O5/c1-3-5-6-7-10(4-2)17-12(15)9-16-8-11(13)14/h10H,3-9H2,1-2H3,(H,13,14). The summed E-state index contributed by atoms with van der Waals surface area (Å²) in [6, 6.07) is 0. The Morgan fingerprint density at radius 3 is 2.41 bits per heavy atom. The number of aliphatic carboxylic acids is 1. The topological polar surface area (TPSA) is 72.8 Å². The van der Waals surface area contributed by atoms with Crippen molar-refractivity contribution >= 4 is 11.9 Å². The van der Waals surface area contributed by atoms with Crippen LogP contribution in [0.5, 0.6) is 0 Å². The first-order valence-corrected chi connectivity index (χ1v) is 6.09. The molecule has 0 aromatic heterocycles. The van der Waals surface area contributed by atoms with Crippen LogP contribution in [0.25, 0.3) is 0 Å². The fourth-order valence-corrected chi connectivity index (χ4v) is 1.41. The molecule has 1 N–H and O–H groups in total. The molecule has 1 unspecified atom stereocenters. The maximum Gasteiger partial charge on any atom is 0.332 e. The lowest BCUT2D eigenvalue weighted by molar-refractivity contribution is -0.157. The van der Waals surface area contributed by atoms with Gasteiger partial charge in [-0.05, 0) is 19.3 Å². The smallest absolute Gasteiger partial charge is 0.332 e. The van der Waals surface area contributed by atoms with E-state index in [1.54, 1.807) is 0 Å². The molecule has 0 saturated carbocycles. The monoisotopic (exact) mass is 246 g/mol. The van der Waals surface area contributed by atoms with Crippen molar-refractivity contribution in [2.75, 3.05) is 13.2 Å². The average molecular weight is 246 g/mol. The van der Waals surface area contributed by atoms with Crippen LogP contribution in [0.15, 0.2) is 0 Å². The second kappa shape index (κ2) is 10.1. The largest absolute Gasteiger partial charge is 0.480 e. The normalized spacial score (nSPS) is 12.1. The van der Waals surface area contributed by atoms with Crippen molar-refractivity contribution in [1.29, 1.82) is 0 Å². The number of carboxylic acid groups (broad SMARTS) is 1. The summed E-state index contributed by atoms with van der Waals surface area (Å²) in [6.07, 6.45) is 4.85. The molecule has 0 rings (SSSR count). The van der Waals surface area contributed by atoms with E-state index in [1.807, 2.05) is 6.92 Å². The zero-order chi connectivity index (χ0) is 13.1. The fraction of sp³-hybridized carbons (Fsp3) is 0.833. The third-order valence-electron chi connectivity index (χ3n) is 2.33. The lowest BCUT2D eigenvalue weighted by Gasteiger charge is -2.15. The van der Waals surface area contributed by atoms with Gasteiger partial charge in [-0.25, -0.2) is 9.59 Å². The molecule has 0 spiro atoms. The number of unbranched alkanes of at least 4 members (excludes halogenated alkanes) is 2. The summed E-state index contributed by atoms with van der Waals surface area (Å²) in [5, 5.41) is 8.32. The van der Waals surface area contributed by atoms with Gasteiger partial charge >= 0.3 is 11.9 Å². The van der Waals surface area contributed by atoms with Gasteiger partial charge < -0.3 is 14.6 Å². The maximum atomic E-state index is 11.3. The molecule has 0 aromatic carbocycles. The third kappa shape index (κ3) is 9.81. The Balaban J connectivity index is 3.70. The van der Waals surface area contributed by atoms with Crippen LogP contribution in [0.3, 0.4) is 0 Å². The molecule has 0 aliphatic rings. The second-order valence-corrected chi connectivity index (χ2v) is 3.90. The Labute approximate surface area is 102 Å². The van der Waals surface area contributed by atoms with Gasteiger partial charge in [0.2, 0.25) is 0 Å². The molecule has 0 amide bonds. The summed E-state index contributed by atoms with van der Waals surface area (Å²) < 4.78 is 9.82. The number of hydrogen-bond acceptors (Lipinski definition) is 4. The van der Waals surface area contributed by atoms with Gasteiger partial charge in [-0.1, -0.05) is 26.7 Å². The van der Waals surface area contributed by atoms with Gasteiger partial charge in [-0.3, -0.25) is 0 Å². The number of carboxylic acids is 1. The van der Waals surface area contributed by atoms with Crippen molar-refractivity contribution in [3.63, 3.8) is 0 Å². The van der Waals surface area contributed by atoms with Crippen molar-refractivity contribution in [2.45, 2.75) is 52.1 Å². The van der Waals surface area contributed by atoms with Crippen LogP contribution in [-0.2, 0) is 19.1 Å². The van der Waals surface area contributed by atoms with Gasteiger partial charge in [0.05, 0.1) is 0 Å². The Bertz CT molecular complexity index is 227. The fourth-order valence-electron chi connectivity index (χ4n) is 1.41. The summed E-state index contributed by atoms with van der Waals surface area (Å²) in [4.78, 5) is 21.4. The Morgan fingerprint density at radius 2 is 1.88 bits per heavy atom. The first-order chi connectivity index (χ1) is 8.10. The molecule has 0 fully saturated rings. The van der Waals surface area contributed by atoms with E-state index < -0.39 is 18.5 Å². The highest BCUT2D eigenvalue weighted by Crippen LogP contribution is 2.10. The van der Waals surface area contributed by atoms with E-state index in [-0.39, 0.29) is 12.7 Å². The lowest BCUT2D eigenvalue weighted by Crippen LogP contribution is -2.22. The number of rotatable bonds is 10. The summed E-state index contributed by atoms with van der Waals surface area (Å²) in [5.41, 5.74) is 0. The van der Waals surface area contributed by atoms with Crippen LogP contribution in [0.2, 0.25) is 0 Å². The summed E-state index contributed by atoms with van der Waals surface area (Å²) >= 11 is 0. The first kappa shape index (κ1) is 15.9. The number of hydrogen-bond donors (Lipinski definition) is 1. The van der Waals surface area contributed by atoms with E-state index in [0.717, 1.165) is 32.1 Å². The van der Waals surface area contributed by atoms with E-state index in [0.29, 0.717) is 0 Å². The van der Waals surface area contributed by atoms with Crippen molar-refractivity contribution < 1.29 is 24.2 Å². The van der Waals surface area contributed by atoms with Gasteiger partial charge in [0, 0.05) is 0 Å². The SMILES string of the molecule is CCCCCC(CC)OC(=O)COCC(=O)O. The zero-order valence-electron chi connectivity index (χ0n) is 10.6. The van der Waals surface area contributed by atoms with Crippen LogP contribution in [0, 0.1) is 0 Å². The van der Waals surface area contributed by atoms with E-state index >= 15 is 0 Å². The maximum absolute atomic E-state index is 11.3. The predicted molar refractivity (Wildman–Crippen MR) is 62.8 cm³/mol. The minimum atomic E-state index is -1.09. The summed E-state index contributed by atoms with van der Waals surface area (Å²) in [7, 11) is 0. The average Bonchev–Trinajstić information content (AvgIpc) is 2.27. The third-order valence-corrected chi connectivity index (χ3v) is 2.33. The lowest BCUT2D eigenvalue weighted by atomic mass is 10.1. The van der Waals surface area contributed by atoms with E-state index in [4.69, 9.17) is 9.84 Å². The molecule has 0 aliphatic carbocycles. The zero-order valence-corrected chi connectivity index (χ0v) is 10.6. The highest BCUT2D eigenvalue weighted by Gasteiger charge is 2.12. The van der Waals surface area contributed by atoms with Gasteiger partial charge in [0.25, 0.3) is 0 Å². The molecule has 100 valence electrons. The summed E-state index contributed by atoms with van der Waals surface area (Å²) in [6.45, 7) is 3.31. The molecule has 17 heavy (non-hydrogen) atoms. The van der Waals surface area contributed by atoms with Gasteiger partial charge in [-0.2, -0.15) is 0 Å². The van der Waals surface area contributed by atoms with E-state index in [1.165, 1.54) is 0 Å². The molecular formula is C12H22O5. The molecule has 0 heterocycles. The van der Waals surface area contributed by atoms with Crippen molar-refractivity contribution in [1.82, 2.24) is 0 Å². The molecular weight excluding hydrogens is 224 g/mol. The van der Waals surface area contributed by atoms with Crippen molar-refractivity contribution in [2.24, 2.45) is 0 Å². The van der Waals surface area contributed by atoms with Crippen molar-refractivity contribution in [3.8, 4) is 0 Å². The molecule has 0 aromatic rings. The highest BCUT2D eigenvalue weighted by atomic mass is 16.6. The molecule has 5 heteroatoms. The Hall–Kier alpha value is -1.10. The van der Waals surface area contributed by atoms with Gasteiger partial charge in [-0.15, -0.1) is 0 Å². The first-order valence-electron chi connectivity index (χ1n) is 6.09. The molecule has 0 radical (unpaired) electrons. The molecule has 0 saturated heterocycles. The Morgan fingerprint density at radius 1 is 1.18 bits per heavy atom. The highest BCUT2D eigenvalue weighted by molar-refractivity contribution is 5.72. The molecule has 5 nitrogen and oxygen atoms in total. The number of esters is 1. The van der Waals surface area contributed by atoms with Crippen LogP contribution in [0.4, 0.5) is 0 Å². The van der Waals surface area contributed by atoms with Crippen molar-refractivity contribution in [3.05, 3.63) is 0 Å². The van der Waals surface area contributed by atoms with Gasteiger partial charge in [0.15, 0.2) is 0 Å².